The minimum atomic E-state index is -0.443. The molecule has 3 N–H and O–H groups in total. The molecule has 92 valence electrons. The number of phenolic OH excluding ortho intramolecular Hbond substituents is 1. The van der Waals surface area contributed by atoms with Gasteiger partial charge in [0.2, 0.25) is 5.91 Å². The van der Waals surface area contributed by atoms with E-state index in [2.05, 4.69) is 0 Å². The molecule has 0 aliphatic rings. The summed E-state index contributed by atoms with van der Waals surface area (Å²) in [5.41, 5.74) is 9.75. The fourth-order valence-electron chi connectivity index (χ4n) is 2.02. The second-order valence-corrected chi connectivity index (χ2v) is 4.34. The summed E-state index contributed by atoms with van der Waals surface area (Å²) < 4.78 is 0. The molecule has 0 bridgehead atoms. The van der Waals surface area contributed by atoms with E-state index in [0.29, 0.717) is 5.56 Å². The van der Waals surface area contributed by atoms with E-state index in [0.717, 1.165) is 22.3 Å². The van der Waals surface area contributed by atoms with Crippen molar-refractivity contribution in [1.29, 1.82) is 0 Å². The number of carbonyl (C=O) groups is 1. The van der Waals surface area contributed by atoms with Gasteiger partial charge in [-0.15, -0.1) is 0 Å². The molecular weight excluding hydrogens is 226 g/mol. The minimum absolute atomic E-state index is 0.199. The topological polar surface area (TPSA) is 63.3 Å². The van der Waals surface area contributed by atoms with E-state index in [4.69, 9.17) is 5.73 Å². The van der Waals surface area contributed by atoms with Crippen molar-refractivity contribution < 1.29 is 9.90 Å². The first-order chi connectivity index (χ1) is 8.50. The largest absolute Gasteiger partial charge is 0.508 e. The molecule has 2 rings (SSSR count). The molecule has 1 amide bonds. The maximum Gasteiger partial charge on any atom is 0.249 e. The lowest BCUT2D eigenvalue weighted by molar-refractivity contribution is 0.100. The van der Waals surface area contributed by atoms with Gasteiger partial charge in [-0.1, -0.05) is 18.2 Å². The van der Waals surface area contributed by atoms with E-state index in [1.165, 1.54) is 0 Å². The molecule has 3 nitrogen and oxygen atoms in total. The second-order valence-electron chi connectivity index (χ2n) is 4.34. The highest BCUT2D eigenvalue weighted by atomic mass is 16.3. The zero-order valence-corrected chi connectivity index (χ0v) is 10.4. The number of aromatic hydroxyl groups is 1. The van der Waals surface area contributed by atoms with Crippen LogP contribution < -0.4 is 5.73 Å². The van der Waals surface area contributed by atoms with Crippen molar-refractivity contribution >= 4 is 5.91 Å². The molecule has 2 aromatic rings. The van der Waals surface area contributed by atoms with Gasteiger partial charge < -0.3 is 10.8 Å². The number of carbonyl (C=O) groups excluding carboxylic acids is 1. The second kappa shape index (κ2) is 4.53. The zero-order chi connectivity index (χ0) is 13.3. The summed E-state index contributed by atoms with van der Waals surface area (Å²) in [4.78, 5) is 11.5. The average Bonchev–Trinajstić information content (AvgIpc) is 2.33. The van der Waals surface area contributed by atoms with Crippen molar-refractivity contribution in [3.8, 4) is 16.9 Å². The van der Waals surface area contributed by atoms with Crippen LogP contribution in [0.4, 0.5) is 0 Å². The minimum Gasteiger partial charge on any atom is -0.508 e. The number of benzene rings is 2. The smallest absolute Gasteiger partial charge is 0.249 e. The molecule has 0 aliphatic carbocycles. The molecule has 0 fully saturated rings. The van der Waals surface area contributed by atoms with Gasteiger partial charge in [0.25, 0.3) is 0 Å². The Morgan fingerprint density at radius 3 is 2.22 bits per heavy atom. The van der Waals surface area contributed by atoms with Crippen molar-refractivity contribution in [2.45, 2.75) is 13.8 Å². The molecule has 0 heterocycles. The Labute approximate surface area is 106 Å². The fraction of sp³-hybridized carbons (Fsp3) is 0.133. The molecule has 0 aliphatic heterocycles. The summed E-state index contributed by atoms with van der Waals surface area (Å²) in [5, 5.41) is 9.31. The Hall–Kier alpha value is -2.29. The monoisotopic (exact) mass is 241 g/mol. The third-order valence-corrected chi connectivity index (χ3v) is 3.16. The SMILES string of the molecule is Cc1ccc(C(N)=O)c(-c2ccc(O)cc2)c1C. The number of phenols is 1. The summed E-state index contributed by atoms with van der Waals surface area (Å²) in [6.07, 6.45) is 0. The lowest BCUT2D eigenvalue weighted by Gasteiger charge is -2.13. The van der Waals surface area contributed by atoms with Crippen LogP contribution in [0, 0.1) is 13.8 Å². The highest BCUT2D eigenvalue weighted by molar-refractivity contribution is 6.00. The molecule has 0 unspecified atom stereocenters. The standard InChI is InChI=1S/C15H15NO2/c1-9-3-8-13(15(16)18)14(10(9)2)11-4-6-12(17)7-5-11/h3-8,17H,1-2H3,(H2,16,18). The predicted molar refractivity (Wildman–Crippen MR) is 71.5 cm³/mol. The van der Waals surface area contributed by atoms with Crippen LogP contribution in [-0.2, 0) is 0 Å². The number of hydrogen-bond donors (Lipinski definition) is 2. The Morgan fingerprint density at radius 2 is 1.67 bits per heavy atom. The van der Waals surface area contributed by atoms with Crippen LogP contribution >= 0.6 is 0 Å². The van der Waals surface area contributed by atoms with Gasteiger partial charge in [-0.25, -0.2) is 0 Å². The third-order valence-electron chi connectivity index (χ3n) is 3.16. The highest BCUT2D eigenvalue weighted by Gasteiger charge is 2.13. The normalized spacial score (nSPS) is 10.3. The van der Waals surface area contributed by atoms with Crippen LogP contribution in [0.25, 0.3) is 11.1 Å². The maximum absolute atomic E-state index is 11.5. The molecule has 3 heteroatoms. The predicted octanol–water partition coefficient (Wildman–Crippen LogP) is 2.77. The summed E-state index contributed by atoms with van der Waals surface area (Å²) in [7, 11) is 0. The average molecular weight is 241 g/mol. The summed E-state index contributed by atoms with van der Waals surface area (Å²) in [6.45, 7) is 3.95. The number of nitrogens with two attached hydrogens (primary N) is 1. The summed E-state index contributed by atoms with van der Waals surface area (Å²) in [6, 6.07) is 10.4. The van der Waals surface area contributed by atoms with E-state index >= 15 is 0 Å². The fourth-order valence-corrected chi connectivity index (χ4v) is 2.02. The number of primary amides is 1. The molecular formula is C15H15NO2. The lowest BCUT2D eigenvalue weighted by atomic mass is 9.92. The number of hydrogen-bond acceptors (Lipinski definition) is 2. The maximum atomic E-state index is 11.5. The van der Waals surface area contributed by atoms with Gasteiger partial charge >= 0.3 is 0 Å². The highest BCUT2D eigenvalue weighted by Crippen LogP contribution is 2.30. The first-order valence-electron chi connectivity index (χ1n) is 5.70. The van der Waals surface area contributed by atoms with Crippen LogP contribution in [0.15, 0.2) is 36.4 Å². The quantitative estimate of drug-likeness (QED) is 0.849. The molecule has 0 saturated heterocycles. The van der Waals surface area contributed by atoms with Crippen LogP contribution in [0.2, 0.25) is 0 Å². The van der Waals surface area contributed by atoms with Crippen molar-refractivity contribution in [2.75, 3.05) is 0 Å². The summed E-state index contributed by atoms with van der Waals surface area (Å²) >= 11 is 0. The first-order valence-corrected chi connectivity index (χ1v) is 5.70. The zero-order valence-electron chi connectivity index (χ0n) is 10.4. The number of aryl methyl sites for hydroxylation is 1. The van der Waals surface area contributed by atoms with Gasteiger partial charge in [-0.2, -0.15) is 0 Å². The van der Waals surface area contributed by atoms with Gasteiger partial charge in [0.15, 0.2) is 0 Å². The van der Waals surface area contributed by atoms with Crippen LogP contribution in [0.5, 0.6) is 5.75 Å². The molecule has 0 radical (unpaired) electrons. The van der Waals surface area contributed by atoms with Gasteiger partial charge in [0, 0.05) is 5.56 Å². The Bertz CT molecular complexity index is 601. The molecule has 0 atom stereocenters. The van der Waals surface area contributed by atoms with Gasteiger partial charge in [-0.3, -0.25) is 4.79 Å². The Kier molecular flexibility index (Phi) is 3.06. The van der Waals surface area contributed by atoms with Crippen LogP contribution in [-0.4, -0.2) is 11.0 Å². The number of amides is 1. The van der Waals surface area contributed by atoms with E-state index in [-0.39, 0.29) is 5.75 Å². The van der Waals surface area contributed by atoms with E-state index in [9.17, 15) is 9.90 Å². The van der Waals surface area contributed by atoms with Crippen molar-refractivity contribution in [1.82, 2.24) is 0 Å². The number of rotatable bonds is 2. The van der Waals surface area contributed by atoms with E-state index < -0.39 is 5.91 Å². The van der Waals surface area contributed by atoms with Crippen LogP contribution in [0.3, 0.4) is 0 Å². The van der Waals surface area contributed by atoms with Crippen molar-refractivity contribution in [3.05, 3.63) is 53.1 Å². The molecule has 18 heavy (non-hydrogen) atoms. The van der Waals surface area contributed by atoms with Crippen molar-refractivity contribution in [2.24, 2.45) is 5.73 Å². The summed E-state index contributed by atoms with van der Waals surface area (Å²) in [5.74, 6) is -0.245. The van der Waals surface area contributed by atoms with E-state index in [1.807, 2.05) is 19.9 Å². The lowest BCUT2D eigenvalue weighted by Crippen LogP contribution is -2.13. The molecule has 0 saturated carbocycles. The first kappa shape index (κ1) is 12.2. The van der Waals surface area contributed by atoms with E-state index in [1.54, 1.807) is 30.3 Å². The Balaban J connectivity index is 2.71. The third kappa shape index (κ3) is 2.07. The van der Waals surface area contributed by atoms with Gasteiger partial charge in [0.1, 0.15) is 5.75 Å². The Morgan fingerprint density at radius 1 is 1.06 bits per heavy atom. The molecule has 0 spiro atoms. The molecule has 2 aromatic carbocycles. The van der Waals surface area contributed by atoms with Crippen LogP contribution in [0.1, 0.15) is 21.5 Å². The van der Waals surface area contributed by atoms with Gasteiger partial charge in [0.05, 0.1) is 0 Å². The molecule has 0 aromatic heterocycles. The van der Waals surface area contributed by atoms with Gasteiger partial charge in [-0.05, 0) is 54.3 Å². The van der Waals surface area contributed by atoms with Crippen molar-refractivity contribution in [3.63, 3.8) is 0 Å².